The third-order valence-electron chi connectivity index (χ3n) is 2.28. The van der Waals surface area contributed by atoms with Crippen LogP contribution in [0, 0.1) is 0 Å². The van der Waals surface area contributed by atoms with Gasteiger partial charge in [0, 0.05) is 0 Å². The van der Waals surface area contributed by atoms with Gasteiger partial charge in [-0.2, -0.15) is 8.78 Å². The summed E-state index contributed by atoms with van der Waals surface area (Å²) in [5.74, 6) is -4.13. The highest BCUT2D eigenvalue weighted by atomic mass is 19.3. The smallest absolute Gasteiger partial charge is 0.324 e. The Morgan fingerprint density at radius 2 is 1.94 bits per heavy atom. The van der Waals surface area contributed by atoms with E-state index in [4.69, 9.17) is 5.73 Å². The number of aromatic nitrogens is 2. The van der Waals surface area contributed by atoms with Gasteiger partial charge in [0.05, 0.1) is 17.9 Å². The first-order valence-corrected chi connectivity index (χ1v) is 4.82. The van der Waals surface area contributed by atoms with E-state index in [1.807, 2.05) is 0 Å². The molecule has 2 rings (SSSR count). The van der Waals surface area contributed by atoms with Crippen molar-refractivity contribution in [3.8, 4) is 0 Å². The lowest BCUT2D eigenvalue weighted by Gasteiger charge is -2.16. The van der Waals surface area contributed by atoms with E-state index in [0.717, 1.165) is 0 Å². The van der Waals surface area contributed by atoms with Gasteiger partial charge in [-0.05, 0) is 22.4 Å². The monoisotopic (exact) mass is 264 g/mol. The lowest BCUT2D eigenvalue weighted by molar-refractivity contribution is -0.117. The van der Waals surface area contributed by atoms with E-state index in [-0.39, 0.29) is 22.4 Å². The summed E-state index contributed by atoms with van der Waals surface area (Å²) in [5.41, 5.74) is 6.18. The van der Waals surface area contributed by atoms with Crippen molar-refractivity contribution in [2.24, 2.45) is 0 Å². The minimum atomic E-state index is -4.13. The average molecular weight is 264 g/mol. The summed E-state index contributed by atoms with van der Waals surface area (Å²) in [6.07, 6.45) is -3.75. The van der Waals surface area contributed by atoms with Gasteiger partial charge in [-0.1, -0.05) is 0 Å². The van der Waals surface area contributed by atoms with E-state index in [1.54, 1.807) is 0 Å². The molecule has 1 heterocycles. The number of rotatable bonds is 4. The van der Waals surface area contributed by atoms with E-state index in [1.165, 1.54) is 12.1 Å². The Balaban J connectivity index is 2.23. The van der Waals surface area contributed by atoms with Crippen LogP contribution in [0.15, 0.2) is 16.8 Å². The number of halogens is 4. The Labute approximate surface area is 97.9 Å². The van der Waals surface area contributed by atoms with E-state index in [0.29, 0.717) is 0 Å². The maximum Gasteiger partial charge on any atom is 0.324 e. The summed E-state index contributed by atoms with van der Waals surface area (Å²) < 4.78 is 53.8. The maximum atomic E-state index is 12.7. The molecule has 0 aliphatic heterocycles. The highest BCUT2D eigenvalue weighted by molar-refractivity contribution is 5.94. The number of nitrogen functional groups attached to an aromatic ring is 1. The zero-order valence-corrected chi connectivity index (χ0v) is 8.83. The number of anilines is 2. The molecule has 1 aromatic heterocycles. The van der Waals surface area contributed by atoms with Crippen LogP contribution in [0.1, 0.15) is 0 Å². The number of hydrogen-bond acceptors (Lipinski definition) is 5. The molecular formula is C9H8F4N4O. The fourth-order valence-corrected chi connectivity index (χ4v) is 1.32. The number of nitrogens with one attached hydrogen (secondary N) is 1. The van der Waals surface area contributed by atoms with Crippen molar-refractivity contribution in [3.63, 3.8) is 0 Å². The van der Waals surface area contributed by atoms with E-state index in [9.17, 15) is 17.6 Å². The van der Waals surface area contributed by atoms with E-state index >= 15 is 0 Å². The third kappa shape index (κ3) is 2.15. The number of hydrogen-bond donors (Lipinski definition) is 2. The van der Waals surface area contributed by atoms with Crippen molar-refractivity contribution in [2.75, 3.05) is 17.6 Å². The summed E-state index contributed by atoms with van der Waals surface area (Å²) in [4.78, 5) is 0. The molecule has 5 nitrogen and oxygen atoms in total. The highest BCUT2D eigenvalue weighted by Crippen LogP contribution is 2.28. The van der Waals surface area contributed by atoms with Crippen LogP contribution in [0.5, 0.6) is 0 Å². The number of benzene rings is 1. The average Bonchev–Trinajstić information content (AvgIpc) is 2.78. The number of alkyl halides is 4. The lowest BCUT2D eigenvalue weighted by Crippen LogP contribution is -2.34. The van der Waals surface area contributed by atoms with Gasteiger partial charge in [-0.15, -0.1) is 0 Å². The van der Waals surface area contributed by atoms with Crippen LogP contribution in [0.25, 0.3) is 11.0 Å². The first-order chi connectivity index (χ1) is 8.42. The number of nitrogens with two attached hydrogens (primary N) is 1. The van der Waals surface area contributed by atoms with Gasteiger partial charge in [0.15, 0.2) is 11.0 Å². The van der Waals surface area contributed by atoms with Crippen molar-refractivity contribution in [1.82, 2.24) is 10.3 Å². The van der Waals surface area contributed by atoms with Gasteiger partial charge in [-0.25, -0.2) is 13.4 Å². The van der Waals surface area contributed by atoms with Gasteiger partial charge in [0.25, 0.3) is 0 Å². The second kappa shape index (κ2) is 4.31. The van der Waals surface area contributed by atoms with Gasteiger partial charge in [0.2, 0.25) is 0 Å². The third-order valence-corrected chi connectivity index (χ3v) is 2.28. The topological polar surface area (TPSA) is 77.0 Å². The van der Waals surface area contributed by atoms with Crippen LogP contribution in [-0.4, -0.2) is 29.2 Å². The molecule has 18 heavy (non-hydrogen) atoms. The van der Waals surface area contributed by atoms with E-state index < -0.39 is 18.9 Å². The Bertz CT molecular complexity index is 556. The molecule has 0 aliphatic carbocycles. The molecule has 0 saturated heterocycles. The predicted molar refractivity (Wildman–Crippen MR) is 55.7 cm³/mol. The summed E-state index contributed by atoms with van der Waals surface area (Å²) in [7, 11) is 0. The summed E-state index contributed by atoms with van der Waals surface area (Å²) in [5, 5.41) is 9.11. The second-order valence-electron chi connectivity index (χ2n) is 3.58. The zero-order chi connectivity index (χ0) is 13.3. The largest absolute Gasteiger partial charge is 0.397 e. The van der Waals surface area contributed by atoms with Crippen molar-refractivity contribution < 1.29 is 22.2 Å². The fraction of sp³-hybridized carbons (Fsp3) is 0.333. The molecule has 0 spiro atoms. The first-order valence-electron chi connectivity index (χ1n) is 4.82. The molecule has 2 aromatic rings. The highest BCUT2D eigenvalue weighted by Gasteiger charge is 2.40. The maximum absolute atomic E-state index is 12.7. The van der Waals surface area contributed by atoms with Crippen molar-refractivity contribution in [2.45, 2.75) is 12.3 Å². The predicted octanol–water partition coefficient (Wildman–Crippen LogP) is 2.12. The van der Waals surface area contributed by atoms with Gasteiger partial charge < -0.3 is 11.1 Å². The molecule has 0 unspecified atom stereocenters. The Morgan fingerprint density at radius 3 is 2.61 bits per heavy atom. The molecule has 0 atom stereocenters. The quantitative estimate of drug-likeness (QED) is 0.653. The Morgan fingerprint density at radius 1 is 1.28 bits per heavy atom. The summed E-state index contributed by atoms with van der Waals surface area (Å²) >= 11 is 0. The molecule has 0 saturated carbocycles. The second-order valence-corrected chi connectivity index (χ2v) is 3.58. The van der Waals surface area contributed by atoms with Crippen LogP contribution in [-0.2, 0) is 0 Å². The van der Waals surface area contributed by atoms with Gasteiger partial charge in [-0.3, -0.25) is 0 Å². The fourth-order valence-electron chi connectivity index (χ4n) is 1.32. The summed E-state index contributed by atoms with van der Waals surface area (Å²) in [6.45, 7) is -1.23. The van der Waals surface area contributed by atoms with Crippen LogP contribution in [0.3, 0.4) is 0 Å². The number of nitrogens with zero attached hydrogens (tertiary/aromatic N) is 2. The molecule has 0 aliphatic rings. The number of fused-ring (bicyclic) bond motifs is 1. The SMILES string of the molecule is Nc1ccc(NCC(F)(F)C(F)F)c2nonc12. The van der Waals surface area contributed by atoms with Crippen LogP contribution >= 0.6 is 0 Å². The van der Waals surface area contributed by atoms with Crippen molar-refractivity contribution in [3.05, 3.63) is 12.1 Å². The molecule has 0 bridgehead atoms. The molecule has 98 valence electrons. The molecule has 0 fully saturated rings. The van der Waals surface area contributed by atoms with Gasteiger partial charge in [0.1, 0.15) is 0 Å². The molecule has 9 heteroatoms. The molecule has 0 radical (unpaired) electrons. The normalized spacial score (nSPS) is 12.3. The molecular weight excluding hydrogens is 256 g/mol. The Hall–Kier alpha value is -2.06. The van der Waals surface area contributed by atoms with Crippen LogP contribution in [0.4, 0.5) is 28.9 Å². The minimum absolute atomic E-state index is 0.0979. The van der Waals surface area contributed by atoms with Crippen molar-refractivity contribution >= 4 is 22.4 Å². The zero-order valence-electron chi connectivity index (χ0n) is 8.83. The van der Waals surface area contributed by atoms with E-state index in [2.05, 4.69) is 20.3 Å². The van der Waals surface area contributed by atoms with Crippen LogP contribution < -0.4 is 11.1 Å². The molecule has 0 amide bonds. The van der Waals surface area contributed by atoms with Crippen molar-refractivity contribution in [1.29, 1.82) is 0 Å². The Kier molecular flexibility index (Phi) is 2.97. The lowest BCUT2D eigenvalue weighted by atomic mass is 10.2. The molecule has 3 N–H and O–H groups in total. The molecule has 1 aromatic carbocycles. The minimum Gasteiger partial charge on any atom is -0.397 e. The van der Waals surface area contributed by atoms with Gasteiger partial charge >= 0.3 is 12.3 Å². The summed E-state index contributed by atoms with van der Waals surface area (Å²) in [6, 6.07) is 2.72. The van der Waals surface area contributed by atoms with Crippen LogP contribution in [0.2, 0.25) is 0 Å². The standard InChI is InChI=1S/C9H8F4N4O/c10-8(11)9(12,13)3-15-5-2-1-4(14)6-7(5)17-18-16-6/h1-2,8,15H,3,14H2. The first kappa shape index (κ1) is 12.4.